The predicted octanol–water partition coefficient (Wildman–Crippen LogP) is 1.29. The summed E-state index contributed by atoms with van der Waals surface area (Å²) in [6.07, 6.45) is 3.08. The van der Waals surface area contributed by atoms with Gasteiger partial charge >= 0.3 is 0 Å². The largest absolute Gasteiger partial charge is 0.504 e. The highest BCUT2D eigenvalue weighted by Gasteiger charge is 2.11. The summed E-state index contributed by atoms with van der Waals surface area (Å²) in [5.74, 6) is -0.0131. The van der Waals surface area contributed by atoms with Gasteiger partial charge in [-0.05, 0) is 24.3 Å². The van der Waals surface area contributed by atoms with E-state index in [4.69, 9.17) is 4.74 Å². The van der Waals surface area contributed by atoms with E-state index >= 15 is 0 Å². The number of phenolic OH excluding ortho intramolecular Hbond substituents is 1. The highest BCUT2D eigenvalue weighted by molar-refractivity contribution is 5.95. The van der Waals surface area contributed by atoms with Crippen LogP contribution < -0.4 is 4.74 Å². The second-order valence-corrected chi connectivity index (χ2v) is 3.14. The van der Waals surface area contributed by atoms with Crippen molar-refractivity contribution in [2.75, 3.05) is 7.11 Å². The zero-order valence-corrected chi connectivity index (χ0v) is 8.62. The maximum atomic E-state index is 11.9. The molecule has 0 fully saturated rings. The fraction of sp³-hybridized carbons (Fsp3) is 0.0909. The molecule has 1 heterocycles. The van der Waals surface area contributed by atoms with Gasteiger partial charge in [0.15, 0.2) is 11.5 Å². The fourth-order valence-corrected chi connectivity index (χ4v) is 1.33. The first kappa shape index (κ1) is 10.2. The molecule has 0 atom stereocenters. The van der Waals surface area contributed by atoms with E-state index in [-0.39, 0.29) is 17.4 Å². The lowest BCUT2D eigenvalue weighted by Crippen LogP contribution is -2.12. The minimum Gasteiger partial charge on any atom is -0.504 e. The van der Waals surface area contributed by atoms with E-state index in [0.29, 0.717) is 5.56 Å². The van der Waals surface area contributed by atoms with E-state index in [1.165, 1.54) is 36.2 Å². The third-order valence-corrected chi connectivity index (χ3v) is 2.14. The van der Waals surface area contributed by atoms with Gasteiger partial charge in [0.1, 0.15) is 0 Å². The molecule has 1 aromatic carbocycles. The Bertz CT molecular complexity index is 506. The van der Waals surface area contributed by atoms with Gasteiger partial charge in [-0.1, -0.05) is 0 Å². The number of phenols is 1. The van der Waals surface area contributed by atoms with E-state index in [0.717, 1.165) is 0 Å². The average molecular weight is 218 g/mol. The van der Waals surface area contributed by atoms with Gasteiger partial charge in [-0.3, -0.25) is 4.79 Å². The Labute approximate surface area is 91.9 Å². The molecule has 1 N–H and O–H groups in total. The first-order valence-electron chi connectivity index (χ1n) is 4.63. The van der Waals surface area contributed by atoms with Crippen LogP contribution in [0.25, 0.3) is 0 Å². The maximum Gasteiger partial charge on any atom is 0.278 e. The number of hydrogen-bond donors (Lipinski definition) is 1. The summed E-state index contributed by atoms with van der Waals surface area (Å²) in [6, 6.07) is 6.06. The van der Waals surface area contributed by atoms with Crippen LogP contribution in [0.3, 0.4) is 0 Å². The van der Waals surface area contributed by atoms with E-state index in [1.54, 1.807) is 12.3 Å². The number of hydrogen-bond acceptors (Lipinski definition) is 4. The van der Waals surface area contributed by atoms with Crippen LogP contribution in [0.5, 0.6) is 11.5 Å². The molecule has 16 heavy (non-hydrogen) atoms. The summed E-state index contributed by atoms with van der Waals surface area (Å²) >= 11 is 0. The number of nitrogens with zero attached hydrogens (tertiary/aromatic N) is 2. The second kappa shape index (κ2) is 4.06. The Balaban J connectivity index is 2.38. The molecule has 82 valence electrons. The molecule has 2 aromatic rings. The Morgan fingerprint density at radius 1 is 1.50 bits per heavy atom. The zero-order valence-electron chi connectivity index (χ0n) is 8.62. The van der Waals surface area contributed by atoms with Crippen LogP contribution >= 0.6 is 0 Å². The molecule has 0 saturated carbocycles. The smallest absolute Gasteiger partial charge is 0.278 e. The van der Waals surface area contributed by atoms with Crippen molar-refractivity contribution < 1.29 is 14.6 Å². The van der Waals surface area contributed by atoms with Crippen LogP contribution in [0.2, 0.25) is 0 Å². The molecular weight excluding hydrogens is 208 g/mol. The normalized spacial score (nSPS) is 10.1. The molecule has 0 aliphatic heterocycles. The quantitative estimate of drug-likeness (QED) is 0.824. The highest BCUT2D eigenvalue weighted by Crippen LogP contribution is 2.26. The SMILES string of the molecule is COc1cc(C(=O)n2cccn2)ccc1O. The first-order valence-corrected chi connectivity index (χ1v) is 4.63. The van der Waals surface area contributed by atoms with Crippen molar-refractivity contribution in [2.45, 2.75) is 0 Å². The number of aromatic nitrogens is 2. The number of carbonyl (C=O) groups excluding carboxylic acids is 1. The third kappa shape index (κ3) is 1.75. The molecular formula is C11H10N2O3. The lowest BCUT2D eigenvalue weighted by Gasteiger charge is -2.05. The van der Waals surface area contributed by atoms with Gasteiger partial charge < -0.3 is 9.84 Å². The number of carbonyl (C=O) groups is 1. The number of methoxy groups -OCH3 is 1. The van der Waals surface area contributed by atoms with Crippen molar-refractivity contribution in [3.63, 3.8) is 0 Å². The van der Waals surface area contributed by atoms with Crippen molar-refractivity contribution in [3.8, 4) is 11.5 Å². The van der Waals surface area contributed by atoms with Crippen molar-refractivity contribution in [3.05, 3.63) is 42.2 Å². The van der Waals surface area contributed by atoms with Crippen LogP contribution in [0, 0.1) is 0 Å². The third-order valence-electron chi connectivity index (χ3n) is 2.14. The molecule has 5 heteroatoms. The van der Waals surface area contributed by atoms with E-state index in [1.807, 2.05) is 0 Å². The molecule has 0 aliphatic rings. The Kier molecular flexibility index (Phi) is 2.59. The van der Waals surface area contributed by atoms with Crippen molar-refractivity contribution in [2.24, 2.45) is 0 Å². The number of benzene rings is 1. The monoisotopic (exact) mass is 218 g/mol. The molecule has 2 rings (SSSR count). The van der Waals surface area contributed by atoms with Crippen LogP contribution in [-0.4, -0.2) is 27.9 Å². The molecule has 0 radical (unpaired) electrons. The number of aromatic hydroxyl groups is 1. The molecule has 5 nitrogen and oxygen atoms in total. The molecule has 0 saturated heterocycles. The molecule has 0 bridgehead atoms. The first-order chi connectivity index (χ1) is 7.72. The summed E-state index contributed by atoms with van der Waals surface area (Å²) in [6.45, 7) is 0. The highest BCUT2D eigenvalue weighted by atomic mass is 16.5. The standard InChI is InChI=1S/C11H10N2O3/c1-16-10-7-8(3-4-9(10)14)11(15)13-6-2-5-12-13/h2-7,14H,1H3. The molecule has 0 amide bonds. The summed E-state index contributed by atoms with van der Waals surface area (Å²) in [7, 11) is 1.43. The second-order valence-electron chi connectivity index (χ2n) is 3.14. The average Bonchev–Trinajstić information content (AvgIpc) is 2.82. The van der Waals surface area contributed by atoms with Crippen molar-refractivity contribution >= 4 is 5.91 Å². The lowest BCUT2D eigenvalue weighted by molar-refractivity contribution is 0.0944. The van der Waals surface area contributed by atoms with Crippen LogP contribution in [0.4, 0.5) is 0 Å². The summed E-state index contributed by atoms with van der Waals surface area (Å²) < 4.78 is 6.14. The minimum atomic E-state index is -0.275. The molecule has 1 aromatic heterocycles. The van der Waals surface area contributed by atoms with E-state index < -0.39 is 0 Å². The van der Waals surface area contributed by atoms with Crippen LogP contribution in [0.15, 0.2) is 36.7 Å². The minimum absolute atomic E-state index is 0.000449. The van der Waals surface area contributed by atoms with Crippen molar-refractivity contribution in [1.82, 2.24) is 9.78 Å². The lowest BCUT2D eigenvalue weighted by atomic mass is 10.2. The Morgan fingerprint density at radius 2 is 2.31 bits per heavy atom. The van der Waals surface area contributed by atoms with Gasteiger partial charge in [-0.15, -0.1) is 0 Å². The van der Waals surface area contributed by atoms with Gasteiger partial charge in [0.2, 0.25) is 0 Å². The Hall–Kier alpha value is -2.30. The molecule has 0 unspecified atom stereocenters. The van der Waals surface area contributed by atoms with Gasteiger partial charge in [-0.25, -0.2) is 4.68 Å². The zero-order chi connectivity index (χ0) is 11.5. The van der Waals surface area contributed by atoms with Gasteiger partial charge in [-0.2, -0.15) is 5.10 Å². The van der Waals surface area contributed by atoms with Gasteiger partial charge in [0.05, 0.1) is 7.11 Å². The van der Waals surface area contributed by atoms with Crippen LogP contribution in [0.1, 0.15) is 10.4 Å². The van der Waals surface area contributed by atoms with Gasteiger partial charge in [0, 0.05) is 18.0 Å². The van der Waals surface area contributed by atoms with Crippen molar-refractivity contribution in [1.29, 1.82) is 0 Å². The number of rotatable bonds is 2. The molecule has 0 aliphatic carbocycles. The number of ether oxygens (including phenoxy) is 1. The van der Waals surface area contributed by atoms with E-state index in [2.05, 4.69) is 5.10 Å². The topological polar surface area (TPSA) is 64.4 Å². The predicted molar refractivity (Wildman–Crippen MR) is 56.6 cm³/mol. The summed E-state index contributed by atoms with van der Waals surface area (Å²) in [5, 5.41) is 13.2. The summed E-state index contributed by atoms with van der Waals surface area (Å²) in [5.41, 5.74) is 0.401. The van der Waals surface area contributed by atoms with Gasteiger partial charge in [0.25, 0.3) is 5.91 Å². The fourth-order valence-electron chi connectivity index (χ4n) is 1.33. The van der Waals surface area contributed by atoms with E-state index in [9.17, 15) is 9.90 Å². The summed E-state index contributed by atoms with van der Waals surface area (Å²) in [4.78, 5) is 11.9. The maximum absolute atomic E-state index is 11.9. The molecule has 0 spiro atoms. The Morgan fingerprint density at radius 3 is 2.94 bits per heavy atom. The van der Waals surface area contributed by atoms with Crippen LogP contribution in [-0.2, 0) is 0 Å².